The van der Waals surface area contributed by atoms with Crippen molar-refractivity contribution in [1.29, 1.82) is 0 Å². The van der Waals surface area contributed by atoms with E-state index in [9.17, 15) is 9.18 Å². The highest BCUT2D eigenvalue weighted by atomic mass is 19.1. The minimum absolute atomic E-state index is 0.232. The van der Waals surface area contributed by atoms with E-state index in [0.717, 1.165) is 17.5 Å². The molecule has 0 aromatic heterocycles. The van der Waals surface area contributed by atoms with Gasteiger partial charge in [-0.1, -0.05) is 25.1 Å². The summed E-state index contributed by atoms with van der Waals surface area (Å²) in [5.74, 6) is 0.118. The van der Waals surface area contributed by atoms with Crippen LogP contribution < -0.4 is 15.8 Å². The van der Waals surface area contributed by atoms with Crippen LogP contribution in [-0.4, -0.2) is 12.5 Å². The highest BCUT2D eigenvalue weighted by Crippen LogP contribution is 2.23. The Morgan fingerprint density at radius 3 is 2.67 bits per heavy atom. The first-order valence-corrected chi connectivity index (χ1v) is 7.81. The van der Waals surface area contributed by atoms with Crippen LogP contribution in [0.4, 0.5) is 10.1 Å². The Balaban J connectivity index is 1.88. The van der Waals surface area contributed by atoms with Gasteiger partial charge in [-0.2, -0.15) is 0 Å². The third kappa shape index (κ3) is 5.43. The van der Waals surface area contributed by atoms with E-state index in [1.807, 2.05) is 13.0 Å². The van der Waals surface area contributed by atoms with Gasteiger partial charge in [0.05, 0.1) is 12.3 Å². The summed E-state index contributed by atoms with van der Waals surface area (Å²) in [7, 11) is 0. The molecule has 24 heavy (non-hydrogen) atoms. The van der Waals surface area contributed by atoms with Crippen molar-refractivity contribution in [3.05, 3.63) is 65.5 Å². The molecule has 0 radical (unpaired) electrons. The number of ether oxygens (including phenoxy) is 1. The predicted molar refractivity (Wildman–Crippen MR) is 93.9 cm³/mol. The van der Waals surface area contributed by atoms with Gasteiger partial charge in [-0.25, -0.2) is 4.39 Å². The van der Waals surface area contributed by atoms with Crippen molar-refractivity contribution in [2.75, 3.05) is 12.3 Å². The molecule has 126 valence electrons. The van der Waals surface area contributed by atoms with Crippen molar-refractivity contribution in [2.45, 2.75) is 19.9 Å². The minimum atomic E-state index is -0.297. The Kier molecular flexibility index (Phi) is 6.37. The van der Waals surface area contributed by atoms with Gasteiger partial charge in [0, 0.05) is 12.6 Å². The van der Waals surface area contributed by atoms with Crippen LogP contribution in [0.15, 0.2) is 48.5 Å². The van der Waals surface area contributed by atoms with Crippen LogP contribution in [0.3, 0.4) is 0 Å². The lowest BCUT2D eigenvalue weighted by Crippen LogP contribution is -2.20. The molecule has 0 heterocycles. The standard InChI is InChI=1S/C19H21FN2O2/c1-2-11-24-18-9-5-14(12-17(18)21)6-10-19(23)22-13-15-3-7-16(20)8-4-15/h3-10,12H,2,11,13,21H2,1H3,(H,22,23)/b10-6-. The number of halogens is 1. The molecule has 4 nitrogen and oxygen atoms in total. The lowest BCUT2D eigenvalue weighted by atomic mass is 10.1. The van der Waals surface area contributed by atoms with E-state index in [1.54, 1.807) is 30.3 Å². The number of anilines is 1. The van der Waals surface area contributed by atoms with Crippen LogP contribution in [0.1, 0.15) is 24.5 Å². The molecular weight excluding hydrogens is 307 g/mol. The molecule has 0 unspecified atom stereocenters. The highest BCUT2D eigenvalue weighted by molar-refractivity contribution is 5.91. The molecule has 2 aromatic rings. The first-order valence-electron chi connectivity index (χ1n) is 7.81. The molecule has 3 N–H and O–H groups in total. The molecule has 0 saturated heterocycles. The average molecular weight is 328 g/mol. The second kappa shape index (κ2) is 8.72. The van der Waals surface area contributed by atoms with E-state index in [4.69, 9.17) is 10.5 Å². The van der Waals surface area contributed by atoms with Crippen LogP contribution in [-0.2, 0) is 11.3 Å². The molecular formula is C19H21FN2O2. The molecule has 0 aliphatic carbocycles. The topological polar surface area (TPSA) is 64.3 Å². The van der Waals surface area contributed by atoms with E-state index < -0.39 is 0 Å². The van der Waals surface area contributed by atoms with Gasteiger partial charge in [-0.3, -0.25) is 4.79 Å². The molecule has 2 aromatic carbocycles. The fraction of sp³-hybridized carbons (Fsp3) is 0.211. The number of carbonyl (C=O) groups excluding carboxylic acids is 1. The largest absolute Gasteiger partial charge is 0.491 e. The zero-order valence-electron chi connectivity index (χ0n) is 13.6. The third-order valence-corrected chi connectivity index (χ3v) is 3.30. The maximum Gasteiger partial charge on any atom is 0.244 e. The Morgan fingerprint density at radius 1 is 1.25 bits per heavy atom. The predicted octanol–water partition coefficient (Wildman–Crippen LogP) is 3.53. The summed E-state index contributed by atoms with van der Waals surface area (Å²) in [5, 5.41) is 2.74. The quantitative estimate of drug-likeness (QED) is 0.604. The lowest BCUT2D eigenvalue weighted by molar-refractivity contribution is -0.116. The number of nitrogen functional groups attached to an aromatic ring is 1. The molecule has 0 saturated carbocycles. The molecule has 0 spiro atoms. The monoisotopic (exact) mass is 328 g/mol. The Morgan fingerprint density at radius 2 is 2.00 bits per heavy atom. The van der Waals surface area contributed by atoms with Crippen molar-refractivity contribution >= 4 is 17.7 Å². The van der Waals surface area contributed by atoms with Gasteiger partial charge in [0.15, 0.2) is 0 Å². The summed E-state index contributed by atoms with van der Waals surface area (Å²) in [4.78, 5) is 11.8. The molecule has 0 atom stereocenters. The third-order valence-electron chi connectivity index (χ3n) is 3.30. The molecule has 1 amide bonds. The van der Waals surface area contributed by atoms with Crippen molar-refractivity contribution in [3.8, 4) is 5.75 Å². The SMILES string of the molecule is CCCOc1ccc(/C=C\C(=O)NCc2ccc(F)cc2)cc1N. The summed E-state index contributed by atoms with van der Waals surface area (Å²) >= 11 is 0. The number of carbonyl (C=O) groups is 1. The molecule has 5 heteroatoms. The normalized spacial score (nSPS) is 10.8. The second-order valence-corrected chi connectivity index (χ2v) is 5.32. The Labute approximate surface area is 141 Å². The molecule has 0 aliphatic heterocycles. The molecule has 0 aliphatic rings. The smallest absolute Gasteiger partial charge is 0.244 e. The van der Waals surface area contributed by atoms with E-state index >= 15 is 0 Å². The fourth-order valence-corrected chi connectivity index (χ4v) is 2.04. The molecule has 0 fully saturated rings. The van der Waals surface area contributed by atoms with E-state index in [2.05, 4.69) is 5.32 Å². The van der Waals surface area contributed by atoms with E-state index in [0.29, 0.717) is 24.6 Å². The van der Waals surface area contributed by atoms with Crippen molar-refractivity contribution in [1.82, 2.24) is 5.32 Å². The zero-order valence-corrected chi connectivity index (χ0v) is 13.6. The lowest BCUT2D eigenvalue weighted by Gasteiger charge is -2.08. The first kappa shape index (κ1) is 17.5. The van der Waals surface area contributed by atoms with Gasteiger partial charge < -0.3 is 15.8 Å². The second-order valence-electron chi connectivity index (χ2n) is 5.32. The van der Waals surface area contributed by atoms with Crippen LogP contribution in [0.25, 0.3) is 6.08 Å². The first-order chi connectivity index (χ1) is 11.6. The number of hydrogen-bond acceptors (Lipinski definition) is 3. The fourth-order valence-electron chi connectivity index (χ4n) is 2.04. The number of benzene rings is 2. The maximum atomic E-state index is 12.8. The van der Waals surface area contributed by atoms with Gasteiger partial charge >= 0.3 is 0 Å². The highest BCUT2D eigenvalue weighted by Gasteiger charge is 2.01. The summed E-state index contributed by atoms with van der Waals surface area (Å²) in [6.45, 7) is 2.98. The van der Waals surface area contributed by atoms with Crippen LogP contribution in [0.5, 0.6) is 5.75 Å². The number of nitrogens with one attached hydrogen (secondary N) is 1. The van der Waals surface area contributed by atoms with Crippen molar-refractivity contribution in [2.24, 2.45) is 0 Å². The van der Waals surface area contributed by atoms with Crippen LogP contribution >= 0.6 is 0 Å². The molecule has 0 bridgehead atoms. The van der Waals surface area contributed by atoms with Crippen LogP contribution in [0.2, 0.25) is 0 Å². The summed E-state index contributed by atoms with van der Waals surface area (Å²) in [6.07, 6.45) is 4.03. The van der Waals surface area contributed by atoms with Gasteiger partial charge in [-0.15, -0.1) is 0 Å². The summed E-state index contributed by atoms with van der Waals surface area (Å²) in [6, 6.07) is 11.4. The number of amides is 1. The Hall–Kier alpha value is -2.82. The van der Waals surface area contributed by atoms with Gasteiger partial charge in [0.25, 0.3) is 0 Å². The minimum Gasteiger partial charge on any atom is -0.491 e. The van der Waals surface area contributed by atoms with E-state index in [1.165, 1.54) is 18.2 Å². The molecule has 2 rings (SSSR count). The van der Waals surface area contributed by atoms with Gasteiger partial charge in [0.2, 0.25) is 5.91 Å². The Bertz CT molecular complexity index is 712. The summed E-state index contributed by atoms with van der Waals surface area (Å²) in [5.41, 5.74) is 8.11. The maximum absolute atomic E-state index is 12.8. The number of rotatable bonds is 7. The summed E-state index contributed by atoms with van der Waals surface area (Å²) < 4.78 is 18.3. The zero-order chi connectivity index (χ0) is 17.4. The van der Waals surface area contributed by atoms with Crippen LogP contribution in [0, 0.1) is 5.82 Å². The van der Waals surface area contributed by atoms with Crippen molar-refractivity contribution < 1.29 is 13.9 Å². The average Bonchev–Trinajstić information content (AvgIpc) is 2.58. The van der Waals surface area contributed by atoms with Crippen molar-refractivity contribution in [3.63, 3.8) is 0 Å². The van der Waals surface area contributed by atoms with Gasteiger partial charge in [-0.05, 0) is 47.9 Å². The van der Waals surface area contributed by atoms with E-state index in [-0.39, 0.29) is 11.7 Å². The number of hydrogen-bond donors (Lipinski definition) is 2. The number of nitrogens with two attached hydrogens (primary N) is 1. The van der Waals surface area contributed by atoms with Gasteiger partial charge in [0.1, 0.15) is 11.6 Å².